The van der Waals surface area contributed by atoms with E-state index in [9.17, 15) is 4.79 Å². The Balaban J connectivity index is 1.78. The number of anilines is 2. The number of amides is 1. The van der Waals surface area contributed by atoms with Gasteiger partial charge in [-0.25, -0.2) is 4.79 Å². The zero-order chi connectivity index (χ0) is 13.9. The quantitative estimate of drug-likeness (QED) is 0.885. The molecule has 2 saturated heterocycles. The maximum Gasteiger partial charge on any atom is 0.414 e. The number of hydrogen-bond donors (Lipinski definition) is 1. The Kier molecular flexibility index (Phi) is 3.75. The summed E-state index contributed by atoms with van der Waals surface area (Å²) in [5, 5.41) is 0. The first-order chi connectivity index (χ1) is 9.78. The molecule has 0 radical (unpaired) electrons. The lowest BCUT2D eigenvalue weighted by Crippen LogP contribution is -2.36. The van der Waals surface area contributed by atoms with E-state index in [0.717, 1.165) is 37.7 Å². The van der Waals surface area contributed by atoms with Crippen molar-refractivity contribution in [2.45, 2.75) is 6.10 Å². The molecule has 1 unspecified atom stereocenters. The number of morpholine rings is 1. The van der Waals surface area contributed by atoms with Gasteiger partial charge in [0.25, 0.3) is 0 Å². The molecule has 6 heteroatoms. The number of nitrogens with two attached hydrogens (primary N) is 1. The number of carbonyl (C=O) groups excluding carboxylic acids is 1. The number of carbonyl (C=O) groups is 1. The molecule has 3 rings (SSSR count). The first-order valence-electron chi connectivity index (χ1n) is 6.89. The molecule has 2 N–H and O–H groups in total. The van der Waals surface area contributed by atoms with Gasteiger partial charge in [-0.1, -0.05) is 6.07 Å². The summed E-state index contributed by atoms with van der Waals surface area (Å²) in [6.07, 6.45) is -0.533. The fourth-order valence-corrected chi connectivity index (χ4v) is 2.53. The van der Waals surface area contributed by atoms with Gasteiger partial charge in [-0.05, 0) is 18.2 Å². The summed E-state index contributed by atoms with van der Waals surface area (Å²) in [6.45, 7) is 4.10. The summed E-state index contributed by atoms with van der Waals surface area (Å²) in [5.74, 6) is 0. The Labute approximate surface area is 118 Å². The second kappa shape index (κ2) is 5.68. The van der Waals surface area contributed by atoms with Crippen LogP contribution >= 0.6 is 0 Å². The third-order valence-electron chi connectivity index (χ3n) is 3.65. The predicted molar refractivity (Wildman–Crippen MR) is 76.1 cm³/mol. The number of hydrogen-bond acceptors (Lipinski definition) is 5. The van der Waals surface area contributed by atoms with E-state index >= 15 is 0 Å². The van der Waals surface area contributed by atoms with Crippen molar-refractivity contribution >= 4 is 17.5 Å². The predicted octanol–water partition coefficient (Wildman–Crippen LogP) is 0.807. The van der Waals surface area contributed by atoms with Crippen molar-refractivity contribution in [2.24, 2.45) is 5.73 Å². The Morgan fingerprint density at radius 3 is 2.70 bits per heavy atom. The van der Waals surface area contributed by atoms with E-state index < -0.39 is 0 Å². The van der Waals surface area contributed by atoms with E-state index in [1.807, 2.05) is 18.2 Å². The van der Waals surface area contributed by atoms with E-state index in [-0.39, 0.29) is 12.2 Å². The average molecular weight is 277 g/mol. The standard InChI is InChI=1S/C14H19N3O3/c15-9-13-10-17(14(18)20-13)12-3-1-2-11(8-12)16-4-6-19-7-5-16/h1-3,8,13H,4-7,9-10,15H2. The van der Waals surface area contributed by atoms with Gasteiger partial charge in [0.1, 0.15) is 6.10 Å². The van der Waals surface area contributed by atoms with Crippen molar-refractivity contribution in [3.8, 4) is 0 Å². The van der Waals surface area contributed by atoms with Gasteiger partial charge in [-0.2, -0.15) is 0 Å². The molecule has 0 spiro atoms. The van der Waals surface area contributed by atoms with Crippen LogP contribution in [0.3, 0.4) is 0 Å². The van der Waals surface area contributed by atoms with Crippen LogP contribution < -0.4 is 15.5 Å². The highest BCUT2D eigenvalue weighted by atomic mass is 16.6. The van der Waals surface area contributed by atoms with Gasteiger partial charge in [0.2, 0.25) is 0 Å². The van der Waals surface area contributed by atoms with Crippen molar-refractivity contribution in [1.29, 1.82) is 0 Å². The number of ether oxygens (including phenoxy) is 2. The molecule has 2 heterocycles. The molecule has 1 aromatic carbocycles. The largest absolute Gasteiger partial charge is 0.443 e. The summed E-state index contributed by atoms with van der Waals surface area (Å²) in [4.78, 5) is 15.7. The summed E-state index contributed by atoms with van der Waals surface area (Å²) in [6, 6.07) is 7.95. The highest BCUT2D eigenvalue weighted by molar-refractivity contribution is 5.90. The van der Waals surface area contributed by atoms with Crippen LogP contribution in [0.1, 0.15) is 0 Å². The van der Waals surface area contributed by atoms with E-state index in [2.05, 4.69) is 11.0 Å². The molecule has 2 aliphatic heterocycles. The molecule has 6 nitrogen and oxygen atoms in total. The number of rotatable bonds is 3. The van der Waals surface area contributed by atoms with E-state index in [1.165, 1.54) is 0 Å². The van der Waals surface area contributed by atoms with Crippen molar-refractivity contribution in [3.05, 3.63) is 24.3 Å². The van der Waals surface area contributed by atoms with Crippen LogP contribution in [0.4, 0.5) is 16.2 Å². The Morgan fingerprint density at radius 1 is 1.25 bits per heavy atom. The van der Waals surface area contributed by atoms with E-state index in [1.54, 1.807) is 4.90 Å². The van der Waals surface area contributed by atoms with Crippen LogP contribution in [0.2, 0.25) is 0 Å². The van der Waals surface area contributed by atoms with Gasteiger partial charge in [-0.3, -0.25) is 4.90 Å². The minimum Gasteiger partial charge on any atom is -0.443 e. The lowest BCUT2D eigenvalue weighted by molar-refractivity contribution is 0.122. The van der Waals surface area contributed by atoms with Gasteiger partial charge in [0.05, 0.1) is 19.8 Å². The van der Waals surface area contributed by atoms with Crippen LogP contribution in [-0.2, 0) is 9.47 Å². The second-order valence-corrected chi connectivity index (χ2v) is 4.97. The second-order valence-electron chi connectivity index (χ2n) is 4.97. The molecule has 0 aromatic heterocycles. The maximum atomic E-state index is 11.8. The lowest BCUT2D eigenvalue weighted by atomic mass is 10.2. The topological polar surface area (TPSA) is 68.0 Å². The Morgan fingerprint density at radius 2 is 2.00 bits per heavy atom. The van der Waals surface area contributed by atoms with Crippen LogP contribution in [-0.4, -0.2) is 51.6 Å². The molecule has 1 aromatic rings. The molecule has 1 amide bonds. The van der Waals surface area contributed by atoms with Gasteiger partial charge >= 0.3 is 6.09 Å². The van der Waals surface area contributed by atoms with Crippen LogP contribution in [0.25, 0.3) is 0 Å². The summed E-state index contributed by atoms with van der Waals surface area (Å²) in [7, 11) is 0. The fourth-order valence-electron chi connectivity index (χ4n) is 2.53. The van der Waals surface area contributed by atoms with Crippen LogP contribution in [0.5, 0.6) is 0 Å². The first-order valence-corrected chi connectivity index (χ1v) is 6.89. The Hall–Kier alpha value is -1.79. The SMILES string of the molecule is NCC1CN(c2cccc(N3CCOCC3)c2)C(=O)O1. The molecule has 108 valence electrons. The molecule has 2 fully saturated rings. The third-order valence-corrected chi connectivity index (χ3v) is 3.65. The summed E-state index contributed by atoms with van der Waals surface area (Å²) >= 11 is 0. The van der Waals surface area contributed by atoms with Gasteiger partial charge in [0, 0.05) is 31.0 Å². The molecular weight excluding hydrogens is 258 g/mol. The van der Waals surface area contributed by atoms with Crippen molar-refractivity contribution in [2.75, 3.05) is 49.2 Å². The van der Waals surface area contributed by atoms with Crippen molar-refractivity contribution < 1.29 is 14.3 Å². The molecule has 2 aliphatic rings. The van der Waals surface area contributed by atoms with Crippen LogP contribution in [0.15, 0.2) is 24.3 Å². The highest BCUT2D eigenvalue weighted by Gasteiger charge is 2.31. The molecule has 0 saturated carbocycles. The number of cyclic esters (lactones) is 1. The summed E-state index contributed by atoms with van der Waals surface area (Å²) in [5.41, 5.74) is 7.52. The van der Waals surface area contributed by atoms with E-state index in [0.29, 0.717) is 13.1 Å². The fraction of sp³-hybridized carbons (Fsp3) is 0.500. The van der Waals surface area contributed by atoms with Crippen molar-refractivity contribution in [1.82, 2.24) is 0 Å². The first kappa shape index (κ1) is 13.2. The molecule has 1 atom stereocenters. The monoisotopic (exact) mass is 277 g/mol. The minimum absolute atomic E-state index is 0.213. The Bertz CT molecular complexity index is 488. The molecular formula is C14H19N3O3. The minimum atomic E-state index is -0.320. The van der Waals surface area contributed by atoms with Gasteiger partial charge < -0.3 is 20.1 Å². The van der Waals surface area contributed by atoms with Gasteiger partial charge in [-0.15, -0.1) is 0 Å². The molecule has 0 bridgehead atoms. The number of nitrogens with zero attached hydrogens (tertiary/aromatic N) is 2. The zero-order valence-corrected chi connectivity index (χ0v) is 11.3. The maximum absolute atomic E-state index is 11.8. The lowest BCUT2D eigenvalue weighted by Gasteiger charge is -2.29. The normalized spacial score (nSPS) is 23.1. The summed E-state index contributed by atoms with van der Waals surface area (Å²) < 4.78 is 10.5. The van der Waals surface area contributed by atoms with Gasteiger partial charge in [0.15, 0.2) is 0 Å². The third kappa shape index (κ3) is 2.57. The average Bonchev–Trinajstić information content (AvgIpc) is 2.89. The molecule has 0 aliphatic carbocycles. The van der Waals surface area contributed by atoms with Crippen molar-refractivity contribution in [3.63, 3.8) is 0 Å². The zero-order valence-electron chi connectivity index (χ0n) is 11.3. The van der Waals surface area contributed by atoms with E-state index in [4.69, 9.17) is 15.2 Å². The molecule has 20 heavy (non-hydrogen) atoms. The highest BCUT2D eigenvalue weighted by Crippen LogP contribution is 2.26. The smallest absolute Gasteiger partial charge is 0.414 e. The number of benzene rings is 1. The van der Waals surface area contributed by atoms with Crippen LogP contribution in [0, 0.1) is 0 Å².